The molecule has 1 aromatic heterocycles. The fourth-order valence-electron chi connectivity index (χ4n) is 3.09. The van der Waals surface area contributed by atoms with Crippen LogP contribution in [0.3, 0.4) is 0 Å². The molecule has 0 bridgehead atoms. The van der Waals surface area contributed by atoms with E-state index in [4.69, 9.17) is 4.74 Å². The lowest BCUT2D eigenvalue weighted by molar-refractivity contribution is 0.262. The molecule has 0 aliphatic carbocycles. The maximum atomic E-state index is 13.3. The van der Waals surface area contributed by atoms with Crippen LogP contribution in [0.4, 0.5) is 4.39 Å². The van der Waals surface area contributed by atoms with Crippen LogP contribution in [-0.2, 0) is 16.9 Å². The van der Waals surface area contributed by atoms with Crippen LogP contribution in [0.15, 0.2) is 61.2 Å². The third kappa shape index (κ3) is 2.43. The van der Waals surface area contributed by atoms with Gasteiger partial charge in [0.25, 0.3) is 0 Å². The lowest BCUT2D eigenvalue weighted by Gasteiger charge is -2.14. The van der Waals surface area contributed by atoms with Crippen LogP contribution in [0.5, 0.6) is 0 Å². The molecule has 4 nitrogen and oxygen atoms in total. The number of aromatic nitrogens is 3. The molecule has 3 aromatic rings. The second-order valence-electron chi connectivity index (χ2n) is 5.84. The lowest BCUT2D eigenvalue weighted by Crippen LogP contribution is -2.19. The molecule has 0 radical (unpaired) electrons. The molecule has 2 atom stereocenters. The molecular weight excluding hydrogens is 293 g/mol. The van der Waals surface area contributed by atoms with Gasteiger partial charge in [0.05, 0.1) is 6.54 Å². The Hall–Kier alpha value is -2.53. The molecule has 0 saturated carbocycles. The van der Waals surface area contributed by atoms with Crippen LogP contribution in [-0.4, -0.2) is 14.8 Å². The van der Waals surface area contributed by atoms with E-state index in [0.29, 0.717) is 6.54 Å². The number of hydrogen-bond donors (Lipinski definition) is 0. The molecule has 0 spiro atoms. The fourth-order valence-corrected chi connectivity index (χ4v) is 3.09. The summed E-state index contributed by atoms with van der Waals surface area (Å²) in [6.45, 7) is 2.61. The first-order valence-corrected chi connectivity index (χ1v) is 7.51. The van der Waals surface area contributed by atoms with E-state index in [1.54, 1.807) is 23.1 Å². The van der Waals surface area contributed by atoms with Crippen LogP contribution in [0.2, 0.25) is 0 Å². The lowest BCUT2D eigenvalue weighted by atomic mass is 9.90. The Kier molecular flexibility index (Phi) is 3.23. The van der Waals surface area contributed by atoms with E-state index in [-0.39, 0.29) is 11.9 Å². The molecule has 0 amide bonds. The molecule has 1 aliphatic heterocycles. The van der Waals surface area contributed by atoms with Gasteiger partial charge in [-0.2, -0.15) is 5.10 Å². The van der Waals surface area contributed by atoms with Crippen LogP contribution in [0, 0.1) is 12.7 Å². The number of halogens is 1. The summed E-state index contributed by atoms with van der Waals surface area (Å²) in [4.78, 5) is 3.99. The van der Waals surface area contributed by atoms with Crippen molar-refractivity contribution < 1.29 is 9.13 Å². The zero-order valence-electron chi connectivity index (χ0n) is 12.7. The highest BCUT2D eigenvalue weighted by Gasteiger charge is 2.59. The van der Waals surface area contributed by atoms with Crippen molar-refractivity contribution in [1.82, 2.24) is 14.8 Å². The highest BCUT2D eigenvalue weighted by atomic mass is 19.1. The van der Waals surface area contributed by atoms with E-state index in [0.717, 1.165) is 11.1 Å². The Morgan fingerprint density at radius 2 is 1.96 bits per heavy atom. The van der Waals surface area contributed by atoms with Crippen molar-refractivity contribution in [3.05, 3.63) is 83.7 Å². The van der Waals surface area contributed by atoms with Gasteiger partial charge in [-0.25, -0.2) is 14.1 Å². The summed E-state index contributed by atoms with van der Waals surface area (Å²) in [5.74, 6) is -0.252. The van der Waals surface area contributed by atoms with Crippen molar-refractivity contribution in [2.45, 2.75) is 25.2 Å². The molecule has 0 N–H and O–H groups in total. The van der Waals surface area contributed by atoms with Crippen LogP contribution >= 0.6 is 0 Å². The van der Waals surface area contributed by atoms with E-state index in [2.05, 4.69) is 29.1 Å². The van der Waals surface area contributed by atoms with E-state index < -0.39 is 5.60 Å². The van der Waals surface area contributed by atoms with E-state index in [1.807, 2.05) is 12.1 Å². The van der Waals surface area contributed by atoms with E-state index >= 15 is 0 Å². The third-order valence-electron chi connectivity index (χ3n) is 4.36. The Morgan fingerprint density at radius 1 is 1.17 bits per heavy atom. The quantitative estimate of drug-likeness (QED) is 0.694. The number of aryl methyl sites for hydroxylation is 1. The molecule has 1 saturated heterocycles. The van der Waals surface area contributed by atoms with E-state index in [1.165, 1.54) is 24.0 Å². The van der Waals surface area contributed by atoms with Crippen molar-refractivity contribution in [3.63, 3.8) is 0 Å². The van der Waals surface area contributed by atoms with Crippen LogP contribution in [0.25, 0.3) is 0 Å². The van der Waals surface area contributed by atoms with Gasteiger partial charge in [0.15, 0.2) is 0 Å². The topological polar surface area (TPSA) is 43.2 Å². The fraction of sp³-hybridized carbons (Fsp3) is 0.222. The smallest absolute Gasteiger partial charge is 0.144 e. The van der Waals surface area contributed by atoms with Gasteiger partial charge < -0.3 is 4.74 Å². The van der Waals surface area contributed by atoms with Crippen molar-refractivity contribution >= 4 is 0 Å². The van der Waals surface area contributed by atoms with Gasteiger partial charge in [0, 0.05) is 0 Å². The highest BCUT2D eigenvalue weighted by Crippen LogP contribution is 2.58. The first kappa shape index (κ1) is 14.1. The Balaban J connectivity index is 1.74. The SMILES string of the molecule is Cc1ccccc1[C@@H]1O[C@]1(Cn1cncn1)c1ccc(F)cc1. The maximum Gasteiger partial charge on any atom is 0.144 e. The minimum Gasteiger partial charge on any atom is -0.354 e. The molecule has 5 heteroatoms. The van der Waals surface area contributed by atoms with Crippen LogP contribution < -0.4 is 0 Å². The van der Waals surface area contributed by atoms with Crippen LogP contribution in [0.1, 0.15) is 22.8 Å². The minimum atomic E-state index is -0.534. The van der Waals surface area contributed by atoms with Crippen molar-refractivity contribution in [3.8, 4) is 0 Å². The maximum absolute atomic E-state index is 13.3. The van der Waals surface area contributed by atoms with Gasteiger partial charge in [-0.05, 0) is 35.7 Å². The molecule has 2 aromatic carbocycles. The molecule has 23 heavy (non-hydrogen) atoms. The largest absolute Gasteiger partial charge is 0.354 e. The number of nitrogens with zero attached hydrogens (tertiary/aromatic N) is 3. The zero-order chi connectivity index (χ0) is 15.9. The number of ether oxygens (including phenoxy) is 1. The Labute approximate surface area is 133 Å². The molecule has 2 heterocycles. The second-order valence-corrected chi connectivity index (χ2v) is 5.84. The minimum absolute atomic E-state index is 0.0710. The van der Waals surface area contributed by atoms with Gasteiger partial charge in [0.1, 0.15) is 30.2 Å². The number of epoxide rings is 1. The normalized spacial score (nSPS) is 23.0. The summed E-state index contributed by atoms with van der Waals surface area (Å²) in [6.07, 6.45) is 3.10. The standard InChI is InChI=1S/C18H16FN3O/c1-13-4-2-3-5-16(13)17-18(23-17,10-22-12-20-11-21-22)14-6-8-15(19)9-7-14/h2-9,11-12,17H,10H2,1H3/t17-,18+/m0/s1. The zero-order valence-corrected chi connectivity index (χ0v) is 12.7. The summed E-state index contributed by atoms with van der Waals surface area (Å²) in [5.41, 5.74) is 2.74. The predicted molar refractivity (Wildman–Crippen MR) is 83.1 cm³/mol. The summed E-state index contributed by atoms with van der Waals surface area (Å²) in [6, 6.07) is 14.7. The molecule has 4 rings (SSSR count). The first-order chi connectivity index (χ1) is 11.2. The van der Waals surface area contributed by atoms with E-state index in [9.17, 15) is 4.39 Å². The third-order valence-corrected chi connectivity index (χ3v) is 4.36. The molecule has 116 valence electrons. The molecule has 0 unspecified atom stereocenters. The summed E-state index contributed by atoms with van der Waals surface area (Å²) >= 11 is 0. The summed E-state index contributed by atoms with van der Waals surface area (Å²) in [7, 11) is 0. The van der Waals surface area contributed by atoms with Gasteiger partial charge in [0.2, 0.25) is 0 Å². The average molecular weight is 309 g/mol. The number of rotatable bonds is 4. The summed E-state index contributed by atoms with van der Waals surface area (Å²) < 4.78 is 21.2. The second kappa shape index (κ2) is 5.28. The first-order valence-electron chi connectivity index (χ1n) is 7.51. The average Bonchev–Trinajstić information content (AvgIpc) is 3.02. The van der Waals surface area contributed by atoms with Crippen molar-refractivity contribution in [1.29, 1.82) is 0 Å². The van der Waals surface area contributed by atoms with Gasteiger partial charge >= 0.3 is 0 Å². The van der Waals surface area contributed by atoms with Gasteiger partial charge in [-0.3, -0.25) is 0 Å². The number of benzene rings is 2. The molecule has 1 fully saturated rings. The predicted octanol–water partition coefficient (Wildman–Crippen LogP) is 3.39. The monoisotopic (exact) mass is 309 g/mol. The van der Waals surface area contributed by atoms with Crippen molar-refractivity contribution in [2.24, 2.45) is 0 Å². The molecular formula is C18H16FN3O. The van der Waals surface area contributed by atoms with Crippen molar-refractivity contribution in [2.75, 3.05) is 0 Å². The summed E-state index contributed by atoms with van der Waals surface area (Å²) in [5, 5.41) is 4.19. The number of hydrogen-bond acceptors (Lipinski definition) is 3. The Morgan fingerprint density at radius 3 is 2.65 bits per heavy atom. The Bertz CT molecular complexity index is 817. The van der Waals surface area contributed by atoms with Gasteiger partial charge in [-0.15, -0.1) is 0 Å². The highest BCUT2D eigenvalue weighted by molar-refractivity contribution is 5.39. The molecule has 1 aliphatic rings. The van der Waals surface area contributed by atoms with Gasteiger partial charge in [-0.1, -0.05) is 36.4 Å².